The van der Waals surface area contributed by atoms with Crippen LogP contribution in [0, 0.1) is 0 Å². The van der Waals surface area contributed by atoms with Gasteiger partial charge in [0.15, 0.2) is 0 Å². The fraction of sp³-hybridized carbons (Fsp3) is 0.455. The normalized spacial score (nSPS) is 11.6. The Morgan fingerprint density at radius 1 is 1.29 bits per heavy atom. The first kappa shape index (κ1) is 10.9. The number of aromatic hydroxyl groups is 2. The second-order valence-electron chi connectivity index (χ2n) is 4.30. The van der Waals surface area contributed by atoms with Gasteiger partial charge in [-0.15, -0.1) is 0 Å². The summed E-state index contributed by atoms with van der Waals surface area (Å²) in [7, 11) is 0. The first-order valence-electron chi connectivity index (χ1n) is 4.68. The number of aryl methyl sites for hydroxylation is 1. The number of nitrogens with two attached hydrogens (primary N) is 1. The van der Waals surface area contributed by atoms with Gasteiger partial charge in [0.05, 0.1) is 0 Å². The van der Waals surface area contributed by atoms with Crippen LogP contribution in [0.25, 0.3) is 0 Å². The molecule has 0 spiro atoms. The molecule has 0 aliphatic rings. The number of hydrogen-bond donors (Lipinski definition) is 3. The van der Waals surface area contributed by atoms with E-state index in [2.05, 4.69) is 0 Å². The Balaban J connectivity index is 2.72. The minimum absolute atomic E-state index is 0.174. The van der Waals surface area contributed by atoms with Crippen LogP contribution in [-0.2, 0) is 6.42 Å². The van der Waals surface area contributed by atoms with Gasteiger partial charge in [0.25, 0.3) is 0 Å². The third kappa shape index (κ3) is 3.26. The lowest BCUT2D eigenvalue weighted by molar-refractivity contribution is 0.440. The average molecular weight is 195 g/mol. The molecular formula is C11H17NO2. The highest BCUT2D eigenvalue weighted by Gasteiger charge is 2.12. The summed E-state index contributed by atoms with van der Waals surface area (Å²) in [5.41, 5.74) is 6.31. The highest BCUT2D eigenvalue weighted by molar-refractivity contribution is 5.38. The molecule has 1 rings (SSSR count). The molecule has 1 aromatic rings. The first-order chi connectivity index (χ1) is 6.38. The minimum Gasteiger partial charge on any atom is -0.508 e. The smallest absolute Gasteiger partial charge is 0.119 e. The lowest BCUT2D eigenvalue weighted by atomic mass is 9.96. The van der Waals surface area contributed by atoms with Gasteiger partial charge < -0.3 is 15.9 Å². The number of benzene rings is 1. The second kappa shape index (κ2) is 3.88. The van der Waals surface area contributed by atoms with Gasteiger partial charge in [0.1, 0.15) is 11.5 Å². The van der Waals surface area contributed by atoms with Gasteiger partial charge in [-0.05, 0) is 50.5 Å². The van der Waals surface area contributed by atoms with Crippen molar-refractivity contribution in [3.8, 4) is 11.5 Å². The number of phenols is 2. The summed E-state index contributed by atoms with van der Waals surface area (Å²) >= 11 is 0. The van der Waals surface area contributed by atoms with Crippen molar-refractivity contribution in [2.45, 2.75) is 32.2 Å². The Morgan fingerprint density at radius 3 is 2.50 bits per heavy atom. The van der Waals surface area contributed by atoms with Crippen LogP contribution in [0.2, 0.25) is 0 Å². The Bertz CT molecular complexity index is 316. The maximum absolute atomic E-state index is 9.48. The molecule has 0 saturated heterocycles. The van der Waals surface area contributed by atoms with E-state index in [0.717, 1.165) is 12.0 Å². The molecule has 0 heterocycles. The minimum atomic E-state index is -0.252. The molecule has 0 aliphatic heterocycles. The molecule has 0 unspecified atom stereocenters. The molecule has 4 N–H and O–H groups in total. The maximum atomic E-state index is 9.48. The van der Waals surface area contributed by atoms with Crippen molar-refractivity contribution in [1.82, 2.24) is 0 Å². The zero-order valence-corrected chi connectivity index (χ0v) is 8.62. The van der Waals surface area contributed by atoms with E-state index in [1.807, 2.05) is 13.8 Å². The zero-order valence-electron chi connectivity index (χ0n) is 8.62. The number of hydrogen-bond acceptors (Lipinski definition) is 3. The highest BCUT2D eigenvalue weighted by Crippen LogP contribution is 2.24. The van der Waals surface area contributed by atoms with Crippen molar-refractivity contribution >= 4 is 0 Å². The van der Waals surface area contributed by atoms with E-state index in [9.17, 15) is 10.2 Å². The van der Waals surface area contributed by atoms with E-state index in [-0.39, 0.29) is 17.0 Å². The monoisotopic (exact) mass is 195 g/mol. The van der Waals surface area contributed by atoms with Gasteiger partial charge in [-0.2, -0.15) is 0 Å². The zero-order chi connectivity index (χ0) is 10.8. The maximum Gasteiger partial charge on any atom is 0.119 e. The molecule has 3 nitrogen and oxygen atoms in total. The van der Waals surface area contributed by atoms with Crippen LogP contribution in [-0.4, -0.2) is 15.8 Å². The van der Waals surface area contributed by atoms with Gasteiger partial charge in [0, 0.05) is 5.54 Å². The summed E-state index contributed by atoms with van der Waals surface area (Å²) in [5, 5.41) is 18.7. The highest BCUT2D eigenvalue weighted by atomic mass is 16.3. The predicted octanol–water partition coefficient (Wildman–Crippen LogP) is 1.77. The Morgan fingerprint density at radius 2 is 1.93 bits per heavy atom. The van der Waals surface area contributed by atoms with Gasteiger partial charge in [-0.1, -0.05) is 0 Å². The van der Waals surface area contributed by atoms with E-state index in [4.69, 9.17) is 5.73 Å². The number of rotatable bonds is 3. The van der Waals surface area contributed by atoms with Crippen LogP contribution in [0.1, 0.15) is 25.8 Å². The van der Waals surface area contributed by atoms with Crippen LogP contribution in [0.15, 0.2) is 18.2 Å². The van der Waals surface area contributed by atoms with Gasteiger partial charge in [0.2, 0.25) is 0 Å². The van der Waals surface area contributed by atoms with Gasteiger partial charge in [-0.25, -0.2) is 0 Å². The van der Waals surface area contributed by atoms with E-state index in [1.54, 1.807) is 6.07 Å². The molecule has 0 saturated carbocycles. The van der Waals surface area contributed by atoms with Crippen LogP contribution in [0.3, 0.4) is 0 Å². The van der Waals surface area contributed by atoms with Gasteiger partial charge in [-0.3, -0.25) is 0 Å². The standard InChI is InChI=1S/C11H17NO2/c1-11(2,12)6-5-8-7-9(13)3-4-10(8)14/h3-4,7,13-14H,5-6,12H2,1-2H3. The first-order valence-corrected chi connectivity index (χ1v) is 4.68. The van der Waals surface area contributed by atoms with Gasteiger partial charge >= 0.3 is 0 Å². The fourth-order valence-electron chi connectivity index (χ4n) is 1.23. The van der Waals surface area contributed by atoms with Crippen LogP contribution in [0.5, 0.6) is 11.5 Å². The Hall–Kier alpha value is -1.22. The molecular weight excluding hydrogens is 178 g/mol. The van der Waals surface area contributed by atoms with Crippen molar-refractivity contribution in [2.75, 3.05) is 0 Å². The molecule has 78 valence electrons. The quantitative estimate of drug-likeness (QED) is 0.644. The molecule has 0 atom stereocenters. The van der Waals surface area contributed by atoms with E-state index in [0.29, 0.717) is 6.42 Å². The Kier molecular flexibility index (Phi) is 3.01. The predicted molar refractivity (Wildman–Crippen MR) is 56.4 cm³/mol. The van der Waals surface area contributed by atoms with Crippen molar-refractivity contribution in [3.05, 3.63) is 23.8 Å². The van der Waals surface area contributed by atoms with E-state index >= 15 is 0 Å². The molecule has 0 aromatic heterocycles. The molecule has 0 bridgehead atoms. The van der Waals surface area contributed by atoms with Crippen LogP contribution in [0.4, 0.5) is 0 Å². The van der Waals surface area contributed by atoms with Crippen molar-refractivity contribution in [3.63, 3.8) is 0 Å². The summed E-state index contributed by atoms with van der Waals surface area (Å²) < 4.78 is 0. The van der Waals surface area contributed by atoms with Crippen LogP contribution >= 0.6 is 0 Å². The third-order valence-corrected chi connectivity index (χ3v) is 2.10. The topological polar surface area (TPSA) is 66.5 Å². The van der Waals surface area contributed by atoms with E-state index < -0.39 is 0 Å². The van der Waals surface area contributed by atoms with Crippen molar-refractivity contribution in [1.29, 1.82) is 0 Å². The third-order valence-electron chi connectivity index (χ3n) is 2.10. The SMILES string of the molecule is CC(C)(N)CCc1cc(O)ccc1O. The summed E-state index contributed by atoms with van der Waals surface area (Å²) in [5.74, 6) is 0.389. The summed E-state index contributed by atoms with van der Waals surface area (Å²) in [6, 6.07) is 4.53. The summed E-state index contributed by atoms with van der Waals surface area (Å²) in [6.07, 6.45) is 1.44. The van der Waals surface area contributed by atoms with E-state index in [1.165, 1.54) is 12.1 Å². The van der Waals surface area contributed by atoms with Crippen molar-refractivity contribution < 1.29 is 10.2 Å². The molecule has 0 amide bonds. The largest absolute Gasteiger partial charge is 0.508 e. The molecule has 0 aliphatic carbocycles. The molecule has 0 fully saturated rings. The summed E-state index contributed by atoms with van der Waals surface area (Å²) in [6.45, 7) is 3.87. The molecule has 1 aromatic carbocycles. The fourth-order valence-corrected chi connectivity index (χ4v) is 1.23. The summed E-state index contributed by atoms with van der Waals surface area (Å²) in [4.78, 5) is 0. The lowest BCUT2D eigenvalue weighted by Crippen LogP contribution is -2.32. The molecule has 3 heteroatoms. The molecule has 14 heavy (non-hydrogen) atoms. The Labute approximate surface area is 84.2 Å². The number of phenolic OH excluding ortho intramolecular Hbond substituents is 2. The lowest BCUT2D eigenvalue weighted by Gasteiger charge is -2.18. The average Bonchev–Trinajstić information content (AvgIpc) is 2.05. The van der Waals surface area contributed by atoms with Crippen LogP contribution < -0.4 is 5.73 Å². The molecule has 0 radical (unpaired) electrons. The van der Waals surface area contributed by atoms with Crippen molar-refractivity contribution in [2.24, 2.45) is 5.73 Å². The second-order valence-corrected chi connectivity index (χ2v) is 4.30.